The second-order valence-corrected chi connectivity index (χ2v) is 4.40. The zero-order chi connectivity index (χ0) is 13.1. The molecule has 0 bridgehead atoms. The van der Waals surface area contributed by atoms with E-state index in [9.17, 15) is 0 Å². The maximum Gasteiger partial charge on any atom is 0.144 e. The summed E-state index contributed by atoms with van der Waals surface area (Å²) >= 11 is 0. The van der Waals surface area contributed by atoms with Crippen LogP contribution >= 0.6 is 0 Å². The van der Waals surface area contributed by atoms with Gasteiger partial charge in [0, 0.05) is 6.07 Å². The first-order valence-corrected chi connectivity index (χ1v) is 6.15. The van der Waals surface area contributed by atoms with Crippen LogP contribution in [-0.2, 0) is 6.42 Å². The highest BCUT2D eigenvalue weighted by atomic mass is 16.5. The van der Waals surface area contributed by atoms with E-state index >= 15 is 0 Å². The molecule has 4 heteroatoms. The van der Waals surface area contributed by atoms with Crippen molar-refractivity contribution in [2.75, 3.05) is 12.8 Å². The van der Waals surface area contributed by atoms with Crippen LogP contribution in [0.2, 0.25) is 0 Å². The van der Waals surface area contributed by atoms with Crippen LogP contribution in [-0.4, -0.2) is 16.9 Å². The fraction of sp³-hybridized carbons (Fsp3) is 0.357. The van der Waals surface area contributed by atoms with Gasteiger partial charge < -0.3 is 10.5 Å². The molecule has 0 aliphatic carbocycles. The number of benzene rings is 1. The van der Waals surface area contributed by atoms with Gasteiger partial charge in [-0.25, -0.2) is 4.68 Å². The number of hydrogen-bond donors (Lipinski definition) is 1. The van der Waals surface area contributed by atoms with Crippen LogP contribution in [0.1, 0.15) is 24.6 Å². The predicted molar refractivity (Wildman–Crippen MR) is 73.3 cm³/mol. The maximum atomic E-state index is 6.02. The largest absolute Gasteiger partial charge is 0.494 e. The number of hydrogen-bond acceptors (Lipinski definition) is 3. The van der Waals surface area contributed by atoms with Crippen LogP contribution in [0.25, 0.3) is 5.69 Å². The fourth-order valence-electron chi connectivity index (χ4n) is 1.98. The lowest BCUT2D eigenvalue weighted by molar-refractivity contribution is 0.411. The second kappa shape index (κ2) is 5.12. The Balaban J connectivity index is 2.50. The van der Waals surface area contributed by atoms with E-state index in [4.69, 9.17) is 10.5 Å². The van der Waals surface area contributed by atoms with Crippen molar-refractivity contribution in [1.29, 1.82) is 0 Å². The Labute approximate surface area is 107 Å². The molecular formula is C14H19N3O. The second-order valence-electron chi connectivity index (χ2n) is 4.40. The number of ether oxygens (including phenoxy) is 1. The zero-order valence-corrected chi connectivity index (χ0v) is 11.1. The van der Waals surface area contributed by atoms with Gasteiger partial charge in [-0.1, -0.05) is 19.4 Å². The summed E-state index contributed by atoms with van der Waals surface area (Å²) < 4.78 is 7.11. The lowest BCUT2D eigenvalue weighted by Gasteiger charge is -2.10. The molecule has 2 N–H and O–H groups in total. The van der Waals surface area contributed by atoms with Crippen LogP contribution in [0.3, 0.4) is 0 Å². The summed E-state index contributed by atoms with van der Waals surface area (Å²) in [5.74, 6) is 1.42. The van der Waals surface area contributed by atoms with Crippen molar-refractivity contribution in [2.24, 2.45) is 0 Å². The highest BCUT2D eigenvalue weighted by Gasteiger charge is 2.11. The van der Waals surface area contributed by atoms with E-state index in [0.29, 0.717) is 5.82 Å². The average molecular weight is 245 g/mol. The van der Waals surface area contributed by atoms with Crippen molar-refractivity contribution < 1.29 is 4.74 Å². The Bertz CT molecular complexity index is 546. The van der Waals surface area contributed by atoms with E-state index in [1.54, 1.807) is 11.8 Å². The molecule has 96 valence electrons. The normalized spacial score (nSPS) is 10.6. The van der Waals surface area contributed by atoms with Gasteiger partial charge in [0.2, 0.25) is 0 Å². The molecule has 0 atom stereocenters. The van der Waals surface area contributed by atoms with Gasteiger partial charge in [0.05, 0.1) is 12.8 Å². The summed E-state index contributed by atoms with van der Waals surface area (Å²) in [5, 5.41) is 4.53. The first kappa shape index (κ1) is 12.5. The van der Waals surface area contributed by atoms with Gasteiger partial charge in [0.15, 0.2) is 0 Å². The number of aryl methyl sites for hydroxylation is 2. The Morgan fingerprint density at radius 3 is 2.78 bits per heavy atom. The highest BCUT2D eigenvalue weighted by molar-refractivity contribution is 5.53. The van der Waals surface area contributed by atoms with Crippen molar-refractivity contribution in [3.05, 3.63) is 35.5 Å². The number of nitrogen functional groups attached to an aromatic ring is 1. The maximum absolute atomic E-state index is 6.02. The smallest absolute Gasteiger partial charge is 0.144 e. The van der Waals surface area contributed by atoms with Gasteiger partial charge in [-0.15, -0.1) is 0 Å². The number of methoxy groups -OCH3 is 1. The summed E-state index contributed by atoms with van der Waals surface area (Å²) in [6, 6.07) is 7.89. The predicted octanol–water partition coefficient (Wildman–Crippen LogP) is 2.72. The molecule has 4 nitrogen and oxygen atoms in total. The molecule has 0 saturated heterocycles. The Morgan fingerprint density at radius 2 is 2.11 bits per heavy atom. The van der Waals surface area contributed by atoms with Crippen LogP contribution in [0.15, 0.2) is 24.3 Å². The van der Waals surface area contributed by atoms with Crippen LogP contribution in [0, 0.1) is 6.92 Å². The monoisotopic (exact) mass is 245 g/mol. The molecule has 0 aliphatic rings. The first-order chi connectivity index (χ1) is 8.65. The first-order valence-electron chi connectivity index (χ1n) is 6.15. The highest BCUT2D eigenvalue weighted by Crippen LogP contribution is 2.26. The molecule has 0 aliphatic heterocycles. The van der Waals surface area contributed by atoms with Crippen molar-refractivity contribution in [1.82, 2.24) is 9.78 Å². The lowest BCUT2D eigenvalue weighted by Crippen LogP contribution is -2.04. The van der Waals surface area contributed by atoms with E-state index < -0.39 is 0 Å². The Morgan fingerprint density at radius 1 is 1.33 bits per heavy atom. The molecule has 1 heterocycles. The molecule has 0 fully saturated rings. The number of nitrogens with two attached hydrogens (primary N) is 1. The van der Waals surface area contributed by atoms with Crippen molar-refractivity contribution in [3.63, 3.8) is 0 Å². The summed E-state index contributed by atoms with van der Waals surface area (Å²) in [6.07, 6.45) is 1.99. The lowest BCUT2D eigenvalue weighted by atomic mass is 10.2. The van der Waals surface area contributed by atoms with Gasteiger partial charge in [-0.05, 0) is 31.0 Å². The zero-order valence-electron chi connectivity index (χ0n) is 11.1. The number of nitrogens with zero attached hydrogens (tertiary/aromatic N) is 2. The minimum Gasteiger partial charge on any atom is -0.494 e. The average Bonchev–Trinajstić information content (AvgIpc) is 2.70. The standard InChI is InChI=1S/C14H19N3O/c1-4-5-11-9-14(15)17(16-11)12-8-10(2)6-7-13(12)18-3/h6-9H,4-5,15H2,1-3H3. The van der Waals surface area contributed by atoms with Crippen molar-refractivity contribution >= 4 is 5.82 Å². The van der Waals surface area contributed by atoms with Gasteiger partial charge in [0.25, 0.3) is 0 Å². The fourth-order valence-corrected chi connectivity index (χ4v) is 1.98. The van der Waals surface area contributed by atoms with Crippen molar-refractivity contribution in [3.8, 4) is 11.4 Å². The summed E-state index contributed by atoms with van der Waals surface area (Å²) in [6.45, 7) is 4.16. The minimum atomic E-state index is 0.641. The van der Waals surface area contributed by atoms with E-state index in [2.05, 4.69) is 12.0 Å². The Hall–Kier alpha value is -1.97. The molecule has 1 aromatic heterocycles. The van der Waals surface area contributed by atoms with Gasteiger partial charge >= 0.3 is 0 Å². The summed E-state index contributed by atoms with van der Waals surface area (Å²) in [5.41, 5.74) is 9.07. The van der Waals surface area contributed by atoms with Crippen LogP contribution in [0.4, 0.5) is 5.82 Å². The van der Waals surface area contributed by atoms with Gasteiger partial charge in [0.1, 0.15) is 17.3 Å². The van der Waals surface area contributed by atoms with Gasteiger partial charge in [-0.2, -0.15) is 5.10 Å². The van der Waals surface area contributed by atoms with Crippen LogP contribution in [0.5, 0.6) is 5.75 Å². The molecular weight excluding hydrogens is 226 g/mol. The molecule has 18 heavy (non-hydrogen) atoms. The third-order valence-corrected chi connectivity index (χ3v) is 2.86. The van der Waals surface area contributed by atoms with Gasteiger partial charge in [-0.3, -0.25) is 0 Å². The van der Waals surface area contributed by atoms with E-state index in [0.717, 1.165) is 35.5 Å². The van der Waals surface area contributed by atoms with E-state index in [-0.39, 0.29) is 0 Å². The third kappa shape index (κ3) is 2.32. The van der Waals surface area contributed by atoms with E-state index in [1.165, 1.54) is 0 Å². The molecule has 2 aromatic rings. The summed E-state index contributed by atoms with van der Waals surface area (Å²) in [7, 11) is 1.65. The topological polar surface area (TPSA) is 53.1 Å². The molecule has 2 rings (SSSR count). The molecule has 0 spiro atoms. The number of aromatic nitrogens is 2. The third-order valence-electron chi connectivity index (χ3n) is 2.86. The SMILES string of the molecule is CCCc1cc(N)n(-c2cc(C)ccc2OC)n1. The molecule has 0 radical (unpaired) electrons. The minimum absolute atomic E-state index is 0.641. The molecule has 0 saturated carbocycles. The molecule has 0 amide bonds. The van der Waals surface area contributed by atoms with E-state index in [1.807, 2.05) is 31.2 Å². The molecule has 1 aromatic carbocycles. The summed E-state index contributed by atoms with van der Waals surface area (Å²) in [4.78, 5) is 0. The molecule has 0 unspecified atom stereocenters. The Kier molecular flexibility index (Phi) is 3.55. The van der Waals surface area contributed by atoms with Crippen LogP contribution < -0.4 is 10.5 Å². The quantitative estimate of drug-likeness (QED) is 0.901. The number of anilines is 1. The number of rotatable bonds is 4. The van der Waals surface area contributed by atoms with Crippen molar-refractivity contribution in [2.45, 2.75) is 26.7 Å².